The minimum atomic E-state index is 0.0437. The zero-order valence-corrected chi connectivity index (χ0v) is 13.8. The highest BCUT2D eigenvalue weighted by Crippen LogP contribution is 2.01. The zero-order chi connectivity index (χ0) is 16.3. The summed E-state index contributed by atoms with van der Waals surface area (Å²) in [5, 5.41) is 8.49. The summed E-state index contributed by atoms with van der Waals surface area (Å²) in [6.45, 7) is 11.4. The van der Waals surface area contributed by atoms with Gasteiger partial charge in [0.15, 0.2) is 0 Å². The van der Waals surface area contributed by atoms with E-state index in [1.54, 1.807) is 0 Å². The van der Waals surface area contributed by atoms with Crippen LogP contribution >= 0.6 is 0 Å². The molecule has 0 saturated heterocycles. The molecule has 132 valence electrons. The van der Waals surface area contributed by atoms with Gasteiger partial charge < -0.3 is 28.8 Å². The second-order valence-corrected chi connectivity index (χ2v) is 4.88. The summed E-state index contributed by atoms with van der Waals surface area (Å²) >= 11 is 0. The second kappa shape index (κ2) is 18.5. The van der Waals surface area contributed by atoms with Crippen LogP contribution in [0.1, 0.15) is 13.3 Å². The van der Waals surface area contributed by atoms with Crippen molar-refractivity contribution in [2.24, 2.45) is 5.92 Å². The van der Waals surface area contributed by atoms with Crippen LogP contribution < -0.4 is 0 Å². The van der Waals surface area contributed by atoms with Crippen molar-refractivity contribution in [1.29, 1.82) is 0 Å². The Morgan fingerprint density at radius 3 is 1.59 bits per heavy atom. The normalized spacial score (nSPS) is 12.5. The molecule has 0 rings (SSSR count). The molecule has 0 amide bonds. The molecule has 0 spiro atoms. The summed E-state index contributed by atoms with van der Waals surface area (Å²) in [6, 6.07) is 0. The third-order valence-electron chi connectivity index (χ3n) is 2.70. The number of ether oxygens (including phenoxy) is 5. The third-order valence-corrected chi connectivity index (χ3v) is 2.70. The van der Waals surface area contributed by atoms with Crippen LogP contribution in [0, 0.1) is 5.92 Å². The van der Waals surface area contributed by atoms with E-state index in [-0.39, 0.29) is 6.61 Å². The van der Waals surface area contributed by atoms with E-state index in [1.165, 1.54) is 0 Å². The van der Waals surface area contributed by atoms with Gasteiger partial charge in [-0.2, -0.15) is 0 Å². The number of allylic oxidation sites excluding steroid dienone is 1. The van der Waals surface area contributed by atoms with E-state index in [0.717, 1.165) is 13.0 Å². The predicted octanol–water partition coefficient (Wildman–Crippen LogP) is 1.27. The molecule has 0 fully saturated rings. The topological polar surface area (TPSA) is 66.4 Å². The van der Waals surface area contributed by atoms with Crippen LogP contribution in [0.15, 0.2) is 12.7 Å². The Bertz CT molecular complexity index is 225. The van der Waals surface area contributed by atoms with Gasteiger partial charge in [-0.1, -0.05) is 13.0 Å². The average Bonchev–Trinajstić information content (AvgIpc) is 2.51. The highest BCUT2D eigenvalue weighted by Gasteiger charge is 1.99. The van der Waals surface area contributed by atoms with Gasteiger partial charge in [0.05, 0.1) is 66.1 Å². The van der Waals surface area contributed by atoms with Crippen LogP contribution in [0.3, 0.4) is 0 Å². The first-order valence-corrected chi connectivity index (χ1v) is 7.91. The highest BCUT2D eigenvalue weighted by atomic mass is 16.6. The SMILES string of the molecule is C=CCC(C)COCCOCCOCCOCCOCCO. The van der Waals surface area contributed by atoms with Crippen molar-refractivity contribution in [3.05, 3.63) is 12.7 Å². The lowest BCUT2D eigenvalue weighted by Gasteiger charge is -2.10. The Balaban J connectivity index is 3.01. The Hall–Kier alpha value is -0.500. The van der Waals surface area contributed by atoms with E-state index in [4.69, 9.17) is 28.8 Å². The molecule has 1 atom stereocenters. The third kappa shape index (κ3) is 17.6. The molecule has 0 aromatic rings. The van der Waals surface area contributed by atoms with Gasteiger partial charge in [0.1, 0.15) is 0 Å². The highest BCUT2D eigenvalue weighted by molar-refractivity contribution is 4.69. The molecule has 6 heteroatoms. The number of aliphatic hydroxyl groups is 1. The lowest BCUT2D eigenvalue weighted by Crippen LogP contribution is -2.14. The molecular formula is C16H32O6. The molecule has 0 bridgehead atoms. The van der Waals surface area contributed by atoms with Crippen molar-refractivity contribution in [2.75, 3.05) is 72.7 Å². The van der Waals surface area contributed by atoms with E-state index in [0.29, 0.717) is 65.4 Å². The largest absolute Gasteiger partial charge is 0.394 e. The maximum Gasteiger partial charge on any atom is 0.0701 e. The molecule has 0 heterocycles. The molecule has 0 radical (unpaired) electrons. The van der Waals surface area contributed by atoms with E-state index in [9.17, 15) is 0 Å². The molecule has 0 aliphatic carbocycles. The first-order chi connectivity index (χ1) is 10.8. The van der Waals surface area contributed by atoms with Crippen molar-refractivity contribution >= 4 is 0 Å². The van der Waals surface area contributed by atoms with Gasteiger partial charge in [-0.25, -0.2) is 0 Å². The number of hydrogen-bond acceptors (Lipinski definition) is 6. The van der Waals surface area contributed by atoms with Gasteiger partial charge in [-0.3, -0.25) is 0 Å². The molecule has 0 aliphatic rings. The number of hydrogen-bond donors (Lipinski definition) is 1. The van der Waals surface area contributed by atoms with Gasteiger partial charge in [0.2, 0.25) is 0 Å². The summed E-state index contributed by atoms with van der Waals surface area (Å²) < 4.78 is 26.6. The van der Waals surface area contributed by atoms with Crippen LogP contribution in [-0.4, -0.2) is 77.8 Å². The molecule has 0 saturated carbocycles. The first kappa shape index (κ1) is 21.5. The number of aliphatic hydroxyl groups excluding tert-OH is 1. The maximum atomic E-state index is 8.49. The molecule has 22 heavy (non-hydrogen) atoms. The molecule has 0 aromatic carbocycles. The predicted molar refractivity (Wildman–Crippen MR) is 85.2 cm³/mol. The van der Waals surface area contributed by atoms with Gasteiger partial charge >= 0.3 is 0 Å². The standard InChI is InChI=1S/C16H32O6/c1-3-4-16(2)15-22-14-13-21-12-11-20-10-9-19-8-7-18-6-5-17/h3,16-17H,1,4-15H2,2H3. The zero-order valence-electron chi connectivity index (χ0n) is 13.8. The van der Waals surface area contributed by atoms with Gasteiger partial charge in [0.25, 0.3) is 0 Å². The summed E-state index contributed by atoms with van der Waals surface area (Å²) in [4.78, 5) is 0. The Morgan fingerprint density at radius 1 is 0.773 bits per heavy atom. The molecular weight excluding hydrogens is 288 g/mol. The minimum Gasteiger partial charge on any atom is -0.394 e. The van der Waals surface area contributed by atoms with Crippen LogP contribution in [-0.2, 0) is 23.7 Å². The van der Waals surface area contributed by atoms with Gasteiger partial charge in [-0.05, 0) is 12.3 Å². The lowest BCUT2D eigenvalue weighted by molar-refractivity contribution is -0.0150. The smallest absolute Gasteiger partial charge is 0.0701 e. The monoisotopic (exact) mass is 320 g/mol. The second-order valence-electron chi connectivity index (χ2n) is 4.88. The Labute approximate surface area is 134 Å². The van der Waals surface area contributed by atoms with Crippen molar-refractivity contribution in [3.63, 3.8) is 0 Å². The molecule has 1 unspecified atom stereocenters. The van der Waals surface area contributed by atoms with Crippen LogP contribution in [0.25, 0.3) is 0 Å². The molecule has 6 nitrogen and oxygen atoms in total. The minimum absolute atomic E-state index is 0.0437. The van der Waals surface area contributed by atoms with E-state index in [1.807, 2.05) is 6.08 Å². The molecule has 1 N–H and O–H groups in total. The van der Waals surface area contributed by atoms with E-state index in [2.05, 4.69) is 13.5 Å². The summed E-state index contributed by atoms with van der Waals surface area (Å²) in [5.41, 5.74) is 0. The van der Waals surface area contributed by atoms with Gasteiger partial charge in [0, 0.05) is 6.61 Å². The van der Waals surface area contributed by atoms with Crippen LogP contribution in [0.5, 0.6) is 0 Å². The van der Waals surface area contributed by atoms with Crippen LogP contribution in [0.4, 0.5) is 0 Å². The fourth-order valence-corrected chi connectivity index (χ4v) is 1.58. The van der Waals surface area contributed by atoms with Crippen molar-refractivity contribution in [2.45, 2.75) is 13.3 Å². The molecule has 0 aromatic heterocycles. The Kier molecular flexibility index (Phi) is 18.1. The van der Waals surface area contributed by atoms with Crippen molar-refractivity contribution in [3.8, 4) is 0 Å². The number of rotatable bonds is 18. The first-order valence-electron chi connectivity index (χ1n) is 7.91. The van der Waals surface area contributed by atoms with Gasteiger partial charge in [-0.15, -0.1) is 6.58 Å². The maximum absolute atomic E-state index is 8.49. The lowest BCUT2D eigenvalue weighted by atomic mass is 10.1. The van der Waals surface area contributed by atoms with Crippen LogP contribution in [0.2, 0.25) is 0 Å². The quantitative estimate of drug-likeness (QED) is 0.303. The fourth-order valence-electron chi connectivity index (χ4n) is 1.58. The van der Waals surface area contributed by atoms with E-state index >= 15 is 0 Å². The van der Waals surface area contributed by atoms with Crippen molar-refractivity contribution in [1.82, 2.24) is 0 Å². The summed E-state index contributed by atoms with van der Waals surface area (Å²) in [7, 11) is 0. The fraction of sp³-hybridized carbons (Fsp3) is 0.875. The van der Waals surface area contributed by atoms with Crippen molar-refractivity contribution < 1.29 is 28.8 Å². The van der Waals surface area contributed by atoms with E-state index < -0.39 is 0 Å². The average molecular weight is 320 g/mol. The summed E-state index contributed by atoms with van der Waals surface area (Å²) in [5.74, 6) is 0.509. The molecule has 0 aliphatic heterocycles. The summed E-state index contributed by atoms with van der Waals surface area (Å²) in [6.07, 6.45) is 2.89. The Morgan fingerprint density at radius 2 is 1.18 bits per heavy atom.